The van der Waals surface area contributed by atoms with Crippen LogP contribution in [0.5, 0.6) is 0 Å². The third-order valence-corrected chi connectivity index (χ3v) is 5.54. The number of carbonyl (C=O) groups excluding carboxylic acids is 1. The topological polar surface area (TPSA) is 83.9 Å². The normalized spacial score (nSPS) is 13.4. The lowest BCUT2D eigenvalue weighted by molar-refractivity contribution is -0.132. The van der Waals surface area contributed by atoms with Crippen molar-refractivity contribution in [2.24, 2.45) is 0 Å². The number of benzene rings is 1. The van der Waals surface area contributed by atoms with E-state index in [-0.39, 0.29) is 11.6 Å². The van der Waals surface area contributed by atoms with Gasteiger partial charge in [-0.1, -0.05) is 24.3 Å². The Balaban J connectivity index is 1.48. The highest BCUT2D eigenvalue weighted by Crippen LogP contribution is 2.25. The van der Waals surface area contributed by atoms with Crippen LogP contribution in [0.25, 0.3) is 11.3 Å². The Kier molecular flexibility index (Phi) is 5.05. The Hall–Kier alpha value is -3.22. The minimum absolute atomic E-state index is 0.138. The lowest BCUT2D eigenvalue weighted by atomic mass is 10.00. The van der Waals surface area contributed by atoms with Gasteiger partial charge in [0, 0.05) is 43.0 Å². The van der Waals surface area contributed by atoms with Crippen LogP contribution in [0.2, 0.25) is 0 Å². The summed E-state index contributed by atoms with van der Waals surface area (Å²) in [6.45, 7) is 7.63. The number of carbonyl (C=O) groups is 1. The summed E-state index contributed by atoms with van der Waals surface area (Å²) in [4.78, 5) is 33.2. The van der Waals surface area contributed by atoms with Gasteiger partial charge in [-0.05, 0) is 44.4 Å². The van der Waals surface area contributed by atoms with Crippen molar-refractivity contribution in [3.05, 3.63) is 69.0 Å². The Bertz CT molecular complexity index is 1130. The van der Waals surface area contributed by atoms with Crippen LogP contribution in [0.1, 0.15) is 34.6 Å². The SMILES string of the molecule is Cc1cc(-c2c(C)nn(CCC(=O)N3CCc4ccccc4C3)c2C)nc(=O)[nH]1. The van der Waals surface area contributed by atoms with Gasteiger partial charge in [-0.2, -0.15) is 10.1 Å². The maximum Gasteiger partial charge on any atom is 0.345 e. The minimum Gasteiger partial charge on any atom is -0.338 e. The van der Waals surface area contributed by atoms with Crippen LogP contribution in [0, 0.1) is 20.8 Å². The third kappa shape index (κ3) is 3.85. The molecule has 2 aromatic heterocycles. The van der Waals surface area contributed by atoms with Crippen molar-refractivity contribution in [1.29, 1.82) is 0 Å². The molecule has 0 unspecified atom stereocenters. The van der Waals surface area contributed by atoms with Crippen molar-refractivity contribution in [2.45, 2.75) is 46.7 Å². The molecule has 1 aromatic carbocycles. The van der Waals surface area contributed by atoms with E-state index in [9.17, 15) is 9.59 Å². The number of rotatable bonds is 4. The monoisotopic (exact) mass is 391 g/mol. The molecule has 0 saturated heterocycles. The Morgan fingerprint density at radius 2 is 1.93 bits per heavy atom. The summed E-state index contributed by atoms with van der Waals surface area (Å²) >= 11 is 0. The number of nitrogens with one attached hydrogen (secondary N) is 1. The number of nitrogens with zero attached hydrogens (tertiary/aromatic N) is 4. The fraction of sp³-hybridized carbons (Fsp3) is 0.364. The number of aromatic nitrogens is 4. The van der Waals surface area contributed by atoms with Gasteiger partial charge in [-0.25, -0.2) is 4.79 Å². The number of fused-ring (bicyclic) bond motifs is 1. The molecule has 0 radical (unpaired) electrons. The van der Waals surface area contributed by atoms with E-state index in [2.05, 4.69) is 27.2 Å². The summed E-state index contributed by atoms with van der Waals surface area (Å²) in [6, 6.07) is 10.2. The summed E-state index contributed by atoms with van der Waals surface area (Å²) in [7, 11) is 0. The molecule has 0 saturated carbocycles. The van der Waals surface area contributed by atoms with E-state index >= 15 is 0 Å². The Morgan fingerprint density at radius 1 is 1.17 bits per heavy atom. The molecular formula is C22H25N5O2. The molecule has 1 N–H and O–H groups in total. The largest absolute Gasteiger partial charge is 0.345 e. The van der Waals surface area contributed by atoms with Gasteiger partial charge >= 0.3 is 5.69 Å². The second-order valence-electron chi connectivity index (χ2n) is 7.61. The van der Waals surface area contributed by atoms with Gasteiger partial charge in [0.2, 0.25) is 5.91 Å². The van der Waals surface area contributed by atoms with E-state index in [1.54, 1.807) is 0 Å². The summed E-state index contributed by atoms with van der Waals surface area (Å²) in [5, 5.41) is 4.59. The molecule has 150 valence electrons. The van der Waals surface area contributed by atoms with Crippen LogP contribution in [0.4, 0.5) is 0 Å². The molecular weight excluding hydrogens is 366 g/mol. The van der Waals surface area contributed by atoms with Gasteiger partial charge in [-0.15, -0.1) is 0 Å². The molecule has 3 heterocycles. The van der Waals surface area contributed by atoms with Crippen molar-refractivity contribution in [2.75, 3.05) is 6.54 Å². The van der Waals surface area contributed by atoms with Crippen molar-refractivity contribution >= 4 is 5.91 Å². The number of aromatic amines is 1. The highest BCUT2D eigenvalue weighted by Gasteiger charge is 2.21. The molecule has 29 heavy (non-hydrogen) atoms. The van der Waals surface area contributed by atoms with Crippen LogP contribution < -0.4 is 5.69 Å². The Labute approximate surface area is 169 Å². The second-order valence-corrected chi connectivity index (χ2v) is 7.61. The number of hydrogen-bond acceptors (Lipinski definition) is 4. The lowest BCUT2D eigenvalue weighted by Gasteiger charge is -2.29. The molecule has 1 aliphatic heterocycles. The van der Waals surface area contributed by atoms with Crippen molar-refractivity contribution in [1.82, 2.24) is 24.6 Å². The lowest BCUT2D eigenvalue weighted by Crippen LogP contribution is -2.36. The fourth-order valence-electron chi connectivity index (χ4n) is 4.06. The quantitative estimate of drug-likeness (QED) is 0.741. The molecule has 0 atom stereocenters. The Morgan fingerprint density at radius 3 is 2.69 bits per heavy atom. The standard InChI is InChI=1S/C22H25N5O2/c1-14-12-19(24-22(29)23-14)21-15(2)25-27(16(21)3)11-9-20(28)26-10-8-17-6-4-5-7-18(17)13-26/h4-7,12H,8-11,13H2,1-3H3,(H,23,24,29). The van der Waals surface area contributed by atoms with E-state index in [0.29, 0.717) is 25.2 Å². The van der Waals surface area contributed by atoms with Gasteiger partial charge in [0.25, 0.3) is 0 Å². The van der Waals surface area contributed by atoms with Gasteiger partial charge in [-0.3, -0.25) is 9.48 Å². The highest BCUT2D eigenvalue weighted by atomic mass is 16.2. The molecule has 0 fully saturated rings. The molecule has 0 aliphatic carbocycles. The summed E-state index contributed by atoms with van der Waals surface area (Å²) in [5.41, 5.74) is 6.15. The van der Waals surface area contributed by atoms with Crippen LogP contribution in [0.3, 0.4) is 0 Å². The number of amides is 1. The van der Waals surface area contributed by atoms with E-state index in [0.717, 1.165) is 35.6 Å². The smallest absolute Gasteiger partial charge is 0.338 e. The minimum atomic E-state index is -0.368. The van der Waals surface area contributed by atoms with Gasteiger partial charge < -0.3 is 9.88 Å². The molecule has 1 amide bonds. The van der Waals surface area contributed by atoms with Crippen LogP contribution in [0.15, 0.2) is 35.1 Å². The van der Waals surface area contributed by atoms with Crippen LogP contribution in [-0.4, -0.2) is 37.1 Å². The van der Waals surface area contributed by atoms with Gasteiger partial charge in [0.1, 0.15) is 0 Å². The average molecular weight is 391 g/mol. The average Bonchev–Trinajstić information content (AvgIpc) is 2.98. The zero-order valence-electron chi connectivity index (χ0n) is 17.0. The molecule has 0 spiro atoms. The molecule has 0 bridgehead atoms. The van der Waals surface area contributed by atoms with E-state index in [4.69, 9.17) is 0 Å². The first kappa shape index (κ1) is 19.1. The van der Waals surface area contributed by atoms with Crippen LogP contribution >= 0.6 is 0 Å². The number of aryl methyl sites for hydroxylation is 3. The van der Waals surface area contributed by atoms with E-state index in [1.807, 2.05) is 48.6 Å². The molecule has 7 nitrogen and oxygen atoms in total. The van der Waals surface area contributed by atoms with Gasteiger partial charge in [0.05, 0.1) is 11.4 Å². The van der Waals surface area contributed by atoms with Gasteiger partial charge in [0.15, 0.2) is 0 Å². The maximum absolute atomic E-state index is 12.8. The maximum atomic E-state index is 12.8. The fourth-order valence-corrected chi connectivity index (χ4v) is 4.06. The predicted octanol–water partition coefficient (Wildman–Crippen LogP) is 2.53. The number of H-pyrrole nitrogens is 1. The summed E-state index contributed by atoms with van der Waals surface area (Å²) < 4.78 is 1.85. The molecule has 7 heteroatoms. The zero-order chi connectivity index (χ0) is 20.5. The van der Waals surface area contributed by atoms with E-state index in [1.165, 1.54) is 11.1 Å². The zero-order valence-corrected chi connectivity index (χ0v) is 17.0. The van der Waals surface area contributed by atoms with Crippen LogP contribution in [-0.2, 0) is 24.3 Å². The predicted molar refractivity (Wildman–Crippen MR) is 110 cm³/mol. The molecule has 1 aliphatic rings. The third-order valence-electron chi connectivity index (χ3n) is 5.54. The highest BCUT2D eigenvalue weighted by molar-refractivity contribution is 5.76. The summed E-state index contributed by atoms with van der Waals surface area (Å²) in [6.07, 6.45) is 1.30. The first-order valence-corrected chi connectivity index (χ1v) is 9.89. The molecule has 4 rings (SSSR count). The van der Waals surface area contributed by atoms with Crippen molar-refractivity contribution in [3.63, 3.8) is 0 Å². The first-order valence-electron chi connectivity index (χ1n) is 9.89. The van der Waals surface area contributed by atoms with Crippen molar-refractivity contribution in [3.8, 4) is 11.3 Å². The first-order chi connectivity index (χ1) is 13.9. The molecule has 3 aromatic rings. The number of hydrogen-bond donors (Lipinski definition) is 1. The van der Waals surface area contributed by atoms with Crippen molar-refractivity contribution < 1.29 is 4.79 Å². The second kappa shape index (κ2) is 7.66. The van der Waals surface area contributed by atoms with E-state index < -0.39 is 0 Å². The summed E-state index contributed by atoms with van der Waals surface area (Å²) in [5.74, 6) is 0.138.